The van der Waals surface area contributed by atoms with Crippen LogP contribution in [0.3, 0.4) is 0 Å². The van der Waals surface area contributed by atoms with Gasteiger partial charge in [-0.3, -0.25) is 0 Å². The fourth-order valence-electron chi connectivity index (χ4n) is 1.39. The minimum absolute atomic E-state index is 0.575. The highest BCUT2D eigenvalue weighted by Crippen LogP contribution is 2.28. The van der Waals surface area contributed by atoms with Crippen LogP contribution in [-0.2, 0) is 0 Å². The molecule has 0 radical (unpaired) electrons. The molecule has 0 saturated carbocycles. The lowest BCUT2D eigenvalue weighted by Gasteiger charge is -2.08. The normalized spacial score (nSPS) is 10.3. The van der Waals surface area contributed by atoms with Crippen molar-refractivity contribution in [2.75, 3.05) is 5.73 Å². The zero-order valence-corrected chi connectivity index (χ0v) is 12.2. The highest BCUT2D eigenvalue weighted by atomic mass is 79.9. The van der Waals surface area contributed by atoms with Crippen molar-refractivity contribution in [2.45, 2.75) is 6.92 Å². The zero-order chi connectivity index (χ0) is 12.4. The van der Waals surface area contributed by atoms with E-state index in [1.54, 1.807) is 12.3 Å². The Hall–Kier alpha value is -1.07. The highest BCUT2D eigenvalue weighted by Gasteiger charge is 2.05. The van der Waals surface area contributed by atoms with Gasteiger partial charge in [0, 0.05) is 32.5 Å². The van der Waals surface area contributed by atoms with E-state index in [1.165, 1.54) is 0 Å². The number of benzene rings is 1. The molecular formula is C12H10Br2N2O. The predicted molar refractivity (Wildman–Crippen MR) is 75.3 cm³/mol. The molecular weight excluding hydrogens is 348 g/mol. The summed E-state index contributed by atoms with van der Waals surface area (Å²) in [5.74, 6) is 1.24. The SMILES string of the molecule is Cc1cc(Br)cnc1Oc1cc(N)cc(Br)c1. The van der Waals surface area contributed by atoms with E-state index >= 15 is 0 Å². The van der Waals surface area contributed by atoms with Crippen LogP contribution in [0.15, 0.2) is 39.4 Å². The Labute approximate surface area is 116 Å². The van der Waals surface area contributed by atoms with Gasteiger partial charge in [0.05, 0.1) is 0 Å². The van der Waals surface area contributed by atoms with Crippen molar-refractivity contribution in [3.63, 3.8) is 0 Å². The second-order valence-corrected chi connectivity index (χ2v) is 5.43. The summed E-state index contributed by atoms with van der Waals surface area (Å²) >= 11 is 6.73. The standard InChI is InChI=1S/C12H10Br2N2O/c1-7-2-9(14)6-16-12(7)17-11-4-8(13)3-10(15)5-11/h2-6H,15H2,1H3. The predicted octanol–water partition coefficient (Wildman–Crippen LogP) is 4.29. The van der Waals surface area contributed by atoms with Crippen LogP contribution in [0.25, 0.3) is 0 Å². The summed E-state index contributed by atoms with van der Waals surface area (Å²) in [6.45, 7) is 1.94. The van der Waals surface area contributed by atoms with Gasteiger partial charge in [0.15, 0.2) is 0 Å². The number of rotatable bonds is 2. The third kappa shape index (κ3) is 3.20. The average molecular weight is 358 g/mol. The van der Waals surface area contributed by atoms with Gasteiger partial charge in [-0.15, -0.1) is 0 Å². The van der Waals surface area contributed by atoms with E-state index in [0.29, 0.717) is 17.3 Å². The molecule has 1 aromatic carbocycles. The minimum atomic E-state index is 0.575. The molecule has 0 saturated heterocycles. The molecule has 2 rings (SSSR count). The molecule has 0 spiro atoms. The number of hydrogen-bond acceptors (Lipinski definition) is 3. The topological polar surface area (TPSA) is 48.1 Å². The summed E-state index contributed by atoms with van der Waals surface area (Å²) in [6, 6.07) is 7.37. The maximum atomic E-state index is 5.74. The number of pyridine rings is 1. The Morgan fingerprint density at radius 2 is 1.88 bits per heavy atom. The molecule has 88 valence electrons. The third-order valence-electron chi connectivity index (χ3n) is 2.11. The van der Waals surface area contributed by atoms with Crippen LogP contribution in [0.5, 0.6) is 11.6 Å². The van der Waals surface area contributed by atoms with Gasteiger partial charge >= 0.3 is 0 Å². The fraction of sp³-hybridized carbons (Fsp3) is 0.0833. The molecule has 2 aromatic rings. The first-order chi connectivity index (χ1) is 8.04. The van der Waals surface area contributed by atoms with Gasteiger partial charge in [-0.05, 0) is 41.1 Å². The molecule has 0 bridgehead atoms. The van der Waals surface area contributed by atoms with Crippen LogP contribution in [0.2, 0.25) is 0 Å². The molecule has 3 nitrogen and oxygen atoms in total. The van der Waals surface area contributed by atoms with Crippen LogP contribution in [0.4, 0.5) is 5.69 Å². The summed E-state index contributed by atoms with van der Waals surface area (Å²) in [6.07, 6.45) is 1.70. The number of anilines is 1. The van der Waals surface area contributed by atoms with E-state index in [1.807, 2.05) is 25.1 Å². The molecule has 1 heterocycles. The van der Waals surface area contributed by atoms with Crippen LogP contribution < -0.4 is 10.5 Å². The second kappa shape index (κ2) is 5.06. The molecule has 17 heavy (non-hydrogen) atoms. The van der Waals surface area contributed by atoms with Crippen LogP contribution in [0, 0.1) is 6.92 Å². The van der Waals surface area contributed by atoms with Crippen molar-refractivity contribution in [3.05, 3.63) is 45.0 Å². The van der Waals surface area contributed by atoms with E-state index in [9.17, 15) is 0 Å². The van der Waals surface area contributed by atoms with E-state index in [0.717, 1.165) is 14.5 Å². The molecule has 0 unspecified atom stereocenters. The van der Waals surface area contributed by atoms with Gasteiger partial charge in [0.2, 0.25) is 5.88 Å². The highest BCUT2D eigenvalue weighted by molar-refractivity contribution is 9.10. The summed E-state index contributed by atoms with van der Waals surface area (Å²) in [5, 5.41) is 0. The number of nitrogens with two attached hydrogens (primary N) is 1. The number of halogens is 2. The van der Waals surface area contributed by atoms with Gasteiger partial charge in [-0.1, -0.05) is 15.9 Å². The third-order valence-corrected chi connectivity index (χ3v) is 3.00. The van der Waals surface area contributed by atoms with Gasteiger partial charge in [0.1, 0.15) is 5.75 Å². The van der Waals surface area contributed by atoms with E-state index in [-0.39, 0.29) is 0 Å². The molecule has 5 heteroatoms. The Morgan fingerprint density at radius 3 is 2.53 bits per heavy atom. The number of nitrogen functional groups attached to an aromatic ring is 1. The minimum Gasteiger partial charge on any atom is -0.439 e. The van der Waals surface area contributed by atoms with Gasteiger partial charge < -0.3 is 10.5 Å². The van der Waals surface area contributed by atoms with Crippen LogP contribution in [-0.4, -0.2) is 4.98 Å². The molecule has 0 aliphatic heterocycles. The first kappa shape index (κ1) is 12.4. The maximum absolute atomic E-state index is 5.74. The first-order valence-corrected chi connectivity index (χ1v) is 6.49. The first-order valence-electron chi connectivity index (χ1n) is 4.90. The van der Waals surface area contributed by atoms with Crippen molar-refractivity contribution in [2.24, 2.45) is 0 Å². The lowest BCUT2D eigenvalue weighted by molar-refractivity contribution is 0.458. The molecule has 0 aliphatic carbocycles. The number of aryl methyl sites for hydroxylation is 1. The van der Waals surface area contributed by atoms with Crippen LogP contribution >= 0.6 is 31.9 Å². The number of ether oxygens (including phenoxy) is 1. The maximum Gasteiger partial charge on any atom is 0.222 e. The van der Waals surface area contributed by atoms with E-state index in [4.69, 9.17) is 10.5 Å². The van der Waals surface area contributed by atoms with Crippen molar-refractivity contribution >= 4 is 37.5 Å². The van der Waals surface area contributed by atoms with Gasteiger partial charge in [0.25, 0.3) is 0 Å². The molecule has 2 N–H and O–H groups in total. The molecule has 1 aromatic heterocycles. The summed E-state index contributed by atoms with van der Waals surface area (Å²) in [5.41, 5.74) is 7.34. The van der Waals surface area contributed by atoms with Gasteiger partial charge in [-0.25, -0.2) is 4.98 Å². The Kier molecular flexibility index (Phi) is 3.69. The lowest BCUT2D eigenvalue weighted by Crippen LogP contribution is -1.93. The Balaban J connectivity index is 2.31. The number of nitrogens with zero attached hydrogens (tertiary/aromatic N) is 1. The smallest absolute Gasteiger partial charge is 0.222 e. The number of aromatic nitrogens is 1. The molecule has 0 fully saturated rings. The summed E-state index contributed by atoms with van der Waals surface area (Å²) in [7, 11) is 0. The van der Waals surface area contributed by atoms with E-state index in [2.05, 4.69) is 36.8 Å². The summed E-state index contributed by atoms with van der Waals surface area (Å²) in [4.78, 5) is 4.21. The number of hydrogen-bond donors (Lipinski definition) is 1. The van der Waals surface area contributed by atoms with E-state index < -0.39 is 0 Å². The van der Waals surface area contributed by atoms with Gasteiger partial charge in [-0.2, -0.15) is 0 Å². The second-order valence-electron chi connectivity index (χ2n) is 3.60. The Morgan fingerprint density at radius 1 is 1.12 bits per heavy atom. The monoisotopic (exact) mass is 356 g/mol. The Bertz CT molecular complexity index is 538. The van der Waals surface area contributed by atoms with Crippen molar-refractivity contribution < 1.29 is 4.74 Å². The molecule has 0 aliphatic rings. The van der Waals surface area contributed by atoms with Crippen molar-refractivity contribution in [1.29, 1.82) is 0 Å². The largest absolute Gasteiger partial charge is 0.439 e. The zero-order valence-electron chi connectivity index (χ0n) is 9.08. The molecule has 0 amide bonds. The van der Waals surface area contributed by atoms with Crippen LogP contribution in [0.1, 0.15) is 5.56 Å². The lowest BCUT2D eigenvalue weighted by atomic mass is 10.3. The van der Waals surface area contributed by atoms with Crippen molar-refractivity contribution in [1.82, 2.24) is 4.98 Å². The molecule has 0 atom stereocenters. The van der Waals surface area contributed by atoms with Crippen molar-refractivity contribution in [3.8, 4) is 11.6 Å². The fourth-order valence-corrected chi connectivity index (χ4v) is 2.33. The summed E-state index contributed by atoms with van der Waals surface area (Å²) < 4.78 is 7.49. The quantitative estimate of drug-likeness (QED) is 0.815. The average Bonchev–Trinajstić information content (AvgIpc) is 2.21.